The van der Waals surface area contributed by atoms with Gasteiger partial charge in [-0.3, -0.25) is 4.79 Å². The minimum absolute atomic E-state index is 0.0427. The van der Waals surface area contributed by atoms with E-state index in [4.69, 9.17) is 16.3 Å². The number of nitrogens with one attached hydrogen (secondary N) is 1. The van der Waals surface area contributed by atoms with Crippen molar-refractivity contribution < 1.29 is 4.74 Å². The van der Waals surface area contributed by atoms with Gasteiger partial charge >= 0.3 is 0 Å². The molecule has 3 aromatic rings. The van der Waals surface area contributed by atoms with E-state index in [1.807, 2.05) is 16.8 Å². The molecule has 0 saturated carbocycles. The lowest BCUT2D eigenvalue weighted by Crippen LogP contribution is -2.13. The van der Waals surface area contributed by atoms with Gasteiger partial charge in [0.1, 0.15) is 17.4 Å². The number of nitriles is 1. The average molecular weight is 369 g/mol. The topological polar surface area (TPSA) is 83.7 Å². The van der Waals surface area contributed by atoms with Crippen LogP contribution in [0.15, 0.2) is 47.8 Å². The molecular formula is C19H17ClN4O2. The Bertz CT molecular complexity index is 1000. The Kier molecular flexibility index (Phi) is 5.40. The first-order chi connectivity index (χ1) is 12.6. The quantitative estimate of drug-likeness (QED) is 0.674. The third-order valence-corrected chi connectivity index (χ3v) is 4.12. The van der Waals surface area contributed by atoms with Crippen molar-refractivity contribution in [2.45, 2.75) is 19.9 Å². The zero-order valence-electron chi connectivity index (χ0n) is 14.2. The summed E-state index contributed by atoms with van der Waals surface area (Å²) < 4.78 is 7.88. The summed E-state index contributed by atoms with van der Waals surface area (Å²) in [5.74, 6) is 0.585. The van der Waals surface area contributed by atoms with Crippen LogP contribution < -0.4 is 10.3 Å². The van der Waals surface area contributed by atoms with Crippen LogP contribution in [0.25, 0.3) is 11.1 Å². The number of imidazole rings is 1. The first-order valence-electron chi connectivity index (χ1n) is 8.11. The normalized spacial score (nSPS) is 10.5. The van der Waals surface area contributed by atoms with E-state index in [0.717, 1.165) is 13.0 Å². The molecule has 0 saturated heterocycles. The van der Waals surface area contributed by atoms with Gasteiger partial charge in [-0.05, 0) is 37.6 Å². The molecular weight excluding hydrogens is 352 g/mol. The highest BCUT2D eigenvalue weighted by Crippen LogP contribution is 2.34. The van der Waals surface area contributed by atoms with Crippen LogP contribution >= 0.6 is 11.6 Å². The molecule has 0 aliphatic rings. The Morgan fingerprint density at radius 1 is 1.35 bits per heavy atom. The predicted octanol–water partition coefficient (Wildman–Crippen LogP) is 3.54. The SMILES string of the molecule is Cc1cc(-c2cc(Cl)ccc2OCCCn2ccnc2)c(C#N)c(=O)[nH]1. The number of pyridine rings is 1. The average Bonchev–Trinajstić information content (AvgIpc) is 3.12. The molecule has 1 aromatic carbocycles. The van der Waals surface area contributed by atoms with Gasteiger partial charge in [-0.15, -0.1) is 0 Å². The highest BCUT2D eigenvalue weighted by molar-refractivity contribution is 6.31. The summed E-state index contributed by atoms with van der Waals surface area (Å²) in [6.07, 6.45) is 6.17. The minimum Gasteiger partial charge on any atom is -0.493 e. The van der Waals surface area contributed by atoms with Gasteiger partial charge in [0.2, 0.25) is 0 Å². The fourth-order valence-electron chi connectivity index (χ4n) is 2.70. The Morgan fingerprint density at radius 3 is 2.92 bits per heavy atom. The number of aryl methyl sites for hydroxylation is 2. The van der Waals surface area contributed by atoms with Crippen LogP contribution in [0.4, 0.5) is 0 Å². The Morgan fingerprint density at radius 2 is 2.19 bits per heavy atom. The number of rotatable bonds is 6. The second-order valence-electron chi connectivity index (χ2n) is 5.82. The monoisotopic (exact) mass is 368 g/mol. The fraction of sp³-hybridized carbons (Fsp3) is 0.211. The second kappa shape index (κ2) is 7.89. The van der Waals surface area contributed by atoms with E-state index >= 15 is 0 Å². The standard InChI is InChI=1S/C19H17ClN4O2/c1-13-9-15(17(11-21)19(25)23-13)16-10-14(20)3-4-18(16)26-8-2-6-24-7-5-22-12-24/h3-5,7,9-10,12H,2,6,8H2,1H3,(H,23,25). The number of benzene rings is 1. The molecule has 3 rings (SSSR count). The first kappa shape index (κ1) is 17.8. The summed E-state index contributed by atoms with van der Waals surface area (Å²) in [5, 5.41) is 9.89. The molecule has 1 N–H and O–H groups in total. The van der Waals surface area contributed by atoms with Gasteiger partial charge in [-0.2, -0.15) is 5.26 Å². The van der Waals surface area contributed by atoms with E-state index in [9.17, 15) is 10.1 Å². The van der Waals surface area contributed by atoms with Gasteiger partial charge in [-0.1, -0.05) is 11.6 Å². The van der Waals surface area contributed by atoms with Crippen molar-refractivity contribution >= 4 is 11.6 Å². The van der Waals surface area contributed by atoms with Crippen LogP contribution in [-0.2, 0) is 6.54 Å². The summed E-state index contributed by atoms with van der Waals surface area (Å²) in [4.78, 5) is 18.7. The lowest BCUT2D eigenvalue weighted by Gasteiger charge is -2.13. The molecule has 0 radical (unpaired) electrons. The lowest BCUT2D eigenvalue weighted by atomic mass is 10.00. The minimum atomic E-state index is -0.423. The molecule has 0 fully saturated rings. The number of nitrogens with zero attached hydrogens (tertiary/aromatic N) is 3. The molecule has 0 atom stereocenters. The second-order valence-corrected chi connectivity index (χ2v) is 6.26. The molecule has 0 unspecified atom stereocenters. The molecule has 2 heterocycles. The zero-order valence-corrected chi connectivity index (χ0v) is 15.0. The molecule has 26 heavy (non-hydrogen) atoms. The third-order valence-electron chi connectivity index (χ3n) is 3.89. The van der Waals surface area contributed by atoms with Crippen molar-refractivity contribution in [1.82, 2.24) is 14.5 Å². The number of aromatic nitrogens is 3. The lowest BCUT2D eigenvalue weighted by molar-refractivity contribution is 0.303. The molecule has 7 heteroatoms. The van der Waals surface area contributed by atoms with Gasteiger partial charge < -0.3 is 14.3 Å². The van der Waals surface area contributed by atoms with Crippen molar-refractivity contribution in [3.05, 3.63) is 69.6 Å². The summed E-state index contributed by atoms with van der Waals surface area (Å²) >= 11 is 6.14. The molecule has 0 aliphatic heterocycles. The van der Waals surface area contributed by atoms with Crippen molar-refractivity contribution in [2.24, 2.45) is 0 Å². The number of ether oxygens (including phenoxy) is 1. The molecule has 0 aliphatic carbocycles. The summed E-state index contributed by atoms with van der Waals surface area (Å²) in [7, 11) is 0. The largest absolute Gasteiger partial charge is 0.493 e. The number of hydrogen-bond donors (Lipinski definition) is 1. The van der Waals surface area contributed by atoms with Gasteiger partial charge in [0.15, 0.2) is 0 Å². The van der Waals surface area contributed by atoms with Crippen molar-refractivity contribution in [2.75, 3.05) is 6.61 Å². The van der Waals surface area contributed by atoms with E-state index in [-0.39, 0.29) is 5.56 Å². The van der Waals surface area contributed by atoms with Gasteiger partial charge in [0.25, 0.3) is 5.56 Å². The van der Waals surface area contributed by atoms with Gasteiger partial charge in [-0.25, -0.2) is 4.98 Å². The molecule has 0 spiro atoms. The van der Waals surface area contributed by atoms with Crippen LogP contribution in [-0.4, -0.2) is 21.1 Å². The zero-order chi connectivity index (χ0) is 18.5. The third kappa shape index (κ3) is 3.95. The molecule has 0 amide bonds. The number of halogens is 1. The Hall–Kier alpha value is -3.04. The fourth-order valence-corrected chi connectivity index (χ4v) is 2.87. The van der Waals surface area contributed by atoms with Crippen LogP contribution in [0.3, 0.4) is 0 Å². The van der Waals surface area contributed by atoms with Crippen LogP contribution in [0.2, 0.25) is 5.02 Å². The summed E-state index contributed by atoms with van der Waals surface area (Å²) in [6, 6.07) is 8.91. The van der Waals surface area contributed by atoms with Gasteiger partial charge in [0, 0.05) is 40.8 Å². The highest BCUT2D eigenvalue weighted by Gasteiger charge is 2.15. The maximum Gasteiger partial charge on any atom is 0.266 e. The van der Waals surface area contributed by atoms with Crippen LogP contribution in [0.1, 0.15) is 17.7 Å². The van der Waals surface area contributed by atoms with E-state index in [1.54, 1.807) is 43.7 Å². The van der Waals surface area contributed by atoms with Crippen molar-refractivity contribution in [3.63, 3.8) is 0 Å². The van der Waals surface area contributed by atoms with Gasteiger partial charge in [0.05, 0.1) is 12.9 Å². The highest BCUT2D eigenvalue weighted by atomic mass is 35.5. The van der Waals surface area contributed by atoms with Crippen LogP contribution in [0, 0.1) is 18.3 Å². The molecule has 132 valence electrons. The van der Waals surface area contributed by atoms with E-state index in [1.165, 1.54) is 0 Å². The Labute approximate surface area is 155 Å². The number of H-pyrrole nitrogens is 1. The maximum absolute atomic E-state index is 12.1. The maximum atomic E-state index is 12.1. The first-order valence-corrected chi connectivity index (χ1v) is 8.49. The number of hydrogen-bond acceptors (Lipinski definition) is 4. The van der Waals surface area contributed by atoms with E-state index < -0.39 is 5.56 Å². The van der Waals surface area contributed by atoms with Crippen molar-refractivity contribution in [3.8, 4) is 22.9 Å². The smallest absolute Gasteiger partial charge is 0.266 e. The Balaban J connectivity index is 1.87. The van der Waals surface area contributed by atoms with E-state index in [0.29, 0.717) is 34.2 Å². The van der Waals surface area contributed by atoms with Crippen LogP contribution in [0.5, 0.6) is 5.75 Å². The summed E-state index contributed by atoms with van der Waals surface area (Å²) in [6.45, 7) is 3.04. The number of aromatic amines is 1. The van der Waals surface area contributed by atoms with E-state index in [2.05, 4.69) is 9.97 Å². The summed E-state index contributed by atoms with van der Waals surface area (Å²) in [5.41, 5.74) is 1.43. The molecule has 2 aromatic heterocycles. The predicted molar refractivity (Wildman–Crippen MR) is 99.3 cm³/mol. The molecule has 0 bridgehead atoms. The molecule has 6 nitrogen and oxygen atoms in total. The van der Waals surface area contributed by atoms with Crippen molar-refractivity contribution in [1.29, 1.82) is 5.26 Å².